The Hall–Kier alpha value is -3.21. The number of benzene rings is 3. The Labute approximate surface area is 189 Å². The van der Waals surface area contributed by atoms with E-state index in [1.165, 1.54) is 5.56 Å². The minimum atomic E-state index is -0.713. The molecule has 1 fully saturated rings. The number of hydrogen-bond donors (Lipinski definition) is 1. The van der Waals surface area contributed by atoms with Crippen molar-refractivity contribution in [1.29, 1.82) is 0 Å². The highest BCUT2D eigenvalue weighted by Gasteiger charge is 2.33. The van der Waals surface area contributed by atoms with E-state index < -0.39 is 5.60 Å². The fraction of sp³-hybridized carbons (Fsp3) is 0.250. The largest absolute Gasteiger partial charge is 0.487 e. The van der Waals surface area contributed by atoms with Crippen molar-refractivity contribution in [3.8, 4) is 5.75 Å². The van der Waals surface area contributed by atoms with Crippen LogP contribution in [0.5, 0.6) is 5.75 Å². The summed E-state index contributed by atoms with van der Waals surface area (Å²) in [5, 5.41) is 12.2. The van der Waals surface area contributed by atoms with E-state index in [-0.39, 0.29) is 0 Å². The van der Waals surface area contributed by atoms with Gasteiger partial charge in [0.25, 0.3) is 0 Å². The first-order valence-electron chi connectivity index (χ1n) is 11.2. The second kappa shape index (κ2) is 9.11. The van der Waals surface area contributed by atoms with Crippen LogP contribution in [-0.2, 0) is 18.8 Å². The normalized spacial score (nSPS) is 16.2. The number of pyridine rings is 1. The lowest BCUT2D eigenvalue weighted by atomic mass is 9.84. The maximum Gasteiger partial charge on any atom is 0.130 e. The Kier molecular flexibility index (Phi) is 5.89. The van der Waals surface area contributed by atoms with Crippen LogP contribution in [0, 0.1) is 0 Å². The third-order valence-electron chi connectivity index (χ3n) is 6.34. The number of piperidine rings is 1. The third kappa shape index (κ3) is 4.67. The average molecular weight is 425 g/mol. The Morgan fingerprint density at radius 1 is 0.844 bits per heavy atom. The number of likely N-dealkylation sites (tertiary alicyclic amines) is 1. The van der Waals surface area contributed by atoms with Gasteiger partial charge in [-0.1, -0.05) is 66.7 Å². The lowest BCUT2D eigenvalue weighted by molar-refractivity contribution is -0.0277. The Morgan fingerprint density at radius 3 is 2.47 bits per heavy atom. The molecule has 0 bridgehead atoms. The summed E-state index contributed by atoms with van der Waals surface area (Å²) < 4.78 is 6.04. The standard InChI is InChI=1S/C28H28N2O2/c31-28(24-9-2-1-3-10-24)15-17-30(18-16-28)20-22-7-6-11-26(19-22)32-21-25-14-13-23-8-4-5-12-27(23)29-25/h1-14,19,31H,15-18,20-21H2. The van der Waals surface area contributed by atoms with Crippen LogP contribution in [0.25, 0.3) is 10.9 Å². The van der Waals surface area contributed by atoms with E-state index in [1.807, 2.05) is 66.7 Å². The molecule has 0 saturated carbocycles. The summed E-state index contributed by atoms with van der Waals surface area (Å²) in [6, 6.07) is 30.6. The van der Waals surface area contributed by atoms with E-state index in [2.05, 4.69) is 34.1 Å². The zero-order valence-electron chi connectivity index (χ0n) is 18.2. The fourth-order valence-electron chi connectivity index (χ4n) is 4.46. The SMILES string of the molecule is OC1(c2ccccc2)CCN(Cc2cccc(OCc3ccc4ccccc4n3)c2)CC1. The number of nitrogens with zero attached hydrogens (tertiary/aromatic N) is 2. The van der Waals surface area contributed by atoms with Crippen molar-refractivity contribution >= 4 is 10.9 Å². The predicted octanol–water partition coefficient (Wildman–Crippen LogP) is 5.30. The number of aliphatic hydroxyl groups is 1. The topological polar surface area (TPSA) is 45.6 Å². The lowest BCUT2D eigenvalue weighted by Crippen LogP contribution is -2.42. The van der Waals surface area contributed by atoms with E-state index in [4.69, 9.17) is 4.74 Å². The van der Waals surface area contributed by atoms with Gasteiger partial charge in [-0.15, -0.1) is 0 Å². The van der Waals surface area contributed by atoms with Crippen molar-refractivity contribution in [1.82, 2.24) is 9.88 Å². The average Bonchev–Trinajstić information content (AvgIpc) is 2.85. The molecule has 0 atom stereocenters. The molecule has 5 rings (SSSR count). The number of hydrogen-bond acceptors (Lipinski definition) is 4. The quantitative estimate of drug-likeness (QED) is 0.456. The van der Waals surface area contributed by atoms with Gasteiger partial charge in [0.2, 0.25) is 0 Å². The maximum atomic E-state index is 11.1. The summed E-state index contributed by atoms with van der Waals surface area (Å²) in [5.41, 5.74) is 3.44. The molecule has 0 aliphatic carbocycles. The first-order valence-corrected chi connectivity index (χ1v) is 11.2. The first-order chi connectivity index (χ1) is 15.7. The van der Waals surface area contributed by atoms with E-state index in [0.717, 1.165) is 60.4 Å². The molecule has 0 spiro atoms. The molecular weight excluding hydrogens is 396 g/mol. The van der Waals surface area contributed by atoms with Crippen LogP contribution in [0.4, 0.5) is 0 Å². The van der Waals surface area contributed by atoms with Crippen LogP contribution < -0.4 is 4.74 Å². The summed E-state index contributed by atoms with van der Waals surface area (Å²) in [6.07, 6.45) is 1.50. The second-order valence-electron chi connectivity index (χ2n) is 8.61. The summed E-state index contributed by atoms with van der Waals surface area (Å²) in [5.74, 6) is 0.857. The van der Waals surface area contributed by atoms with E-state index in [0.29, 0.717) is 6.61 Å². The van der Waals surface area contributed by atoms with Crippen molar-refractivity contribution in [2.24, 2.45) is 0 Å². The summed E-state index contributed by atoms with van der Waals surface area (Å²) in [7, 11) is 0. The highest BCUT2D eigenvalue weighted by molar-refractivity contribution is 5.78. The van der Waals surface area contributed by atoms with Gasteiger partial charge in [-0.3, -0.25) is 4.90 Å². The van der Waals surface area contributed by atoms with Crippen molar-refractivity contribution in [3.63, 3.8) is 0 Å². The van der Waals surface area contributed by atoms with Crippen LogP contribution in [0.3, 0.4) is 0 Å². The monoisotopic (exact) mass is 424 g/mol. The molecule has 3 aromatic carbocycles. The molecule has 1 aliphatic heterocycles. The number of aromatic nitrogens is 1. The van der Waals surface area contributed by atoms with Crippen LogP contribution >= 0.6 is 0 Å². The molecular formula is C28H28N2O2. The molecule has 2 heterocycles. The number of rotatable bonds is 6. The van der Waals surface area contributed by atoms with Crippen molar-refractivity contribution in [2.75, 3.05) is 13.1 Å². The number of fused-ring (bicyclic) bond motifs is 1. The lowest BCUT2D eigenvalue weighted by Gasteiger charge is -2.38. The van der Waals surface area contributed by atoms with Gasteiger partial charge in [0.1, 0.15) is 12.4 Å². The molecule has 162 valence electrons. The van der Waals surface area contributed by atoms with Gasteiger partial charge in [-0.2, -0.15) is 0 Å². The minimum absolute atomic E-state index is 0.447. The fourth-order valence-corrected chi connectivity index (χ4v) is 4.46. The van der Waals surface area contributed by atoms with Gasteiger partial charge in [0.05, 0.1) is 16.8 Å². The van der Waals surface area contributed by atoms with Crippen molar-refractivity contribution in [3.05, 3.63) is 108 Å². The van der Waals surface area contributed by atoms with Gasteiger partial charge < -0.3 is 9.84 Å². The highest BCUT2D eigenvalue weighted by Crippen LogP contribution is 2.33. The molecule has 4 aromatic rings. The molecule has 0 unspecified atom stereocenters. The molecule has 1 saturated heterocycles. The van der Waals surface area contributed by atoms with Crippen molar-refractivity contribution in [2.45, 2.75) is 31.6 Å². The smallest absolute Gasteiger partial charge is 0.130 e. The van der Waals surface area contributed by atoms with Crippen LogP contribution in [0.1, 0.15) is 29.7 Å². The molecule has 0 amide bonds. The first kappa shape index (κ1) is 20.7. The Morgan fingerprint density at radius 2 is 1.62 bits per heavy atom. The molecule has 4 heteroatoms. The maximum absolute atomic E-state index is 11.1. The summed E-state index contributed by atoms with van der Waals surface area (Å²) in [4.78, 5) is 7.09. The second-order valence-corrected chi connectivity index (χ2v) is 8.61. The minimum Gasteiger partial charge on any atom is -0.487 e. The van der Waals surface area contributed by atoms with E-state index in [9.17, 15) is 5.11 Å². The van der Waals surface area contributed by atoms with Crippen LogP contribution in [0.15, 0.2) is 91.0 Å². The molecule has 32 heavy (non-hydrogen) atoms. The Bertz CT molecular complexity index is 1180. The van der Waals surface area contributed by atoms with Gasteiger partial charge in [-0.05, 0) is 48.2 Å². The molecule has 0 radical (unpaired) electrons. The van der Waals surface area contributed by atoms with Gasteiger partial charge in [0.15, 0.2) is 0 Å². The zero-order chi connectivity index (χ0) is 21.8. The van der Waals surface area contributed by atoms with Crippen LogP contribution in [-0.4, -0.2) is 28.1 Å². The third-order valence-corrected chi connectivity index (χ3v) is 6.34. The molecule has 1 aliphatic rings. The summed E-state index contributed by atoms with van der Waals surface area (Å²) >= 11 is 0. The van der Waals surface area contributed by atoms with Crippen molar-refractivity contribution < 1.29 is 9.84 Å². The van der Waals surface area contributed by atoms with Gasteiger partial charge in [-0.25, -0.2) is 4.98 Å². The number of para-hydroxylation sites is 1. The Balaban J connectivity index is 1.18. The summed E-state index contributed by atoms with van der Waals surface area (Å²) in [6.45, 7) is 3.05. The molecule has 4 nitrogen and oxygen atoms in total. The highest BCUT2D eigenvalue weighted by atomic mass is 16.5. The molecule has 1 aromatic heterocycles. The van der Waals surface area contributed by atoms with E-state index >= 15 is 0 Å². The molecule has 1 N–H and O–H groups in total. The van der Waals surface area contributed by atoms with Gasteiger partial charge >= 0.3 is 0 Å². The van der Waals surface area contributed by atoms with E-state index in [1.54, 1.807) is 0 Å². The van der Waals surface area contributed by atoms with Crippen LogP contribution in [0.2, 0.25) is 0 Å². The zero-order valence-corrected chi connectivity index (χ0v) is 18.2. The number of ether oxygens (including phenoxy) is 1. The van der Waals surface area contributed by atoms with Gasteiger partial charge in [0, 0.05) is 25.0 Å². The predicted molar refractivity (Wildman–Crippen MR) is 127 cm³/mol.